The van der Waals surface area contributed by atoms with E-state index in [1.54, 1.807) is 4.68 Å². The molecule has 1 aromatic heterocycles. The van der Waals surface area contributed by atoms with Crippen LogP contribution in [-0.4, -0.2) is 32.2 Å². The molecule has 1 heterocycles. The number of aryl methyl sites for hydroxylation is 1. The molecular weight excluding hydrogens is 192 g/mol. The lowest BCUT2D eigenvalue weighted by Crippen LogP contribution is -2.35. The SMILES string of the molecule is CC(C)(C)NCc1cn(CCCO)nn1. The van der Waals surface area contributed by atoms with E-state index in [9.17, 15) is 0 Å². The largest absolute Gasteiger partial charge is 0.396 e. The summed E-state index contributed by atoms with van der Waals surface area (Å²) >= 11 is 0. The summed E-state index contributed by atoms with van der Waals surface area (Å²) in [6.45, 7) is 7.98. The molecule has 5 nitrogen and oxygen atoms in total. The first kappa shape index (κ1) is 12.1. The summed E-state index contributed by atoms with van der Waals surface area (Å²) in [4.78, 5) is 0. The van der Waals surface area contributed by atoms with Gasteiger partial charge in [0, 0.05) is 31.4 Å². The number of aliphatic hydroxyl groups is 1. The van der Waals surface area contributed by atoms with Crippen LogP contribution >= 0.6 is 0 Å². The second kappa shape index (κ2) is 5.23. The zero-order chi connectivity index (χ0) is 11.3. The van der Waals surface area contributed by atoms with E-state index in [-0.39, 0.29) is 12.1 Å². The molecule has 0 amide bonds. The molecule has 5 heteroatoms. The summed E-state index contributed by atoms with van der Waals surface area (Å²) in [5.41, 5.74) is 1.03. The quantitative estimate of drug-likeness (QED) is 0.748. The van der Waals surface area contributed by atoms with Crippen molar-refractivity contribution in [3.05, 3.63) is 11.9 Å². The summed E-state index contributed by atoms with van der Waals surface area (Å²) in [6, 6.07) is 0. The minimum atomic E-state index is 0.0921. The molecule has 2 N–H and O–H groups in total. The molecule has 0 saturated carbocycles. The molecule has 0 aliphatic heterocycles. The van der Waals surface area contributed by atoms with Gasteiger partial charge < -0.3 is 10.4 Å². The van der Waals surface area contributed by atoms with Gasteiger partial charge in [-0.1, -0.05) is 5.21 Å². The fourth-order valence-electron chi connectivity index (χ4n) is 1.12. The Kier molecular flexibility index (Phi) is 4.23. The molecule has 0 spiro atoms. The Morgan fingerprint density at radius 1 is 1.47 bits per heavy atom. The van der Waals surface area contributed by atoms with E-state index in [1.165, 1.54) is 0 Å². The summed E-state index contributed by atoms with van der Waals surface area (Å²) < 4.78 is 1.76. The lowest BCUT2D eigenvalue weighted by Gasteiger charge is -2.19. The molecule has 1 aromatic rings. The van der Waals surface area contributed by atoms with Crippen molar-refractivity contribution in [3.8, 4) is 0 Å². The van der Waals surface area contributed by atoms with Crippen LogP contribution in [0.1, 0.15) is 32.9 Å². The Morgan fingerprint density at radius 2 is 2.20 bits per heavy atom. The van der Waals surface area contributed by atoms with Crippen molar-refractivity contribution < 1.29 is 5.11 Å². The van der Waals surface area contributed by atoms with Crippen molar-refractivity contribution >= 4 is 0 Å². The van der Waals surface area contributed by atoms with Crippen LogP contribution in [0.2, 0.25) is 0 Å². The van der Waals surface area contributed by atoms with Gasteiger partial charge in [0.25, 0.3) is 0 Å². The first-order valence-electron chi connectivity index (χ1n) is 5.26. The van der Waals surface area contributed by atoms with Gasteiger partial charge in [0.1, 0.15) is 0 Å². The molecule has 0 unspecified atom stereocenters. The molecular formula is C10H20N4O. The predicted molar refractivity (Wildman–Crippen MR) is 58.3 cm³/mol. The Balaban J connectivity index is 2.39. The Morgan fingerprint density at radius 3 is 2.80 bits per heavy atom. The van der Waals surface area contributed by atoms with Crippen molar-refractivity contribution in [1.82, 2.24) is 20.3 Å². The fraction of sp³-hybridized carbons (Fsp3) is 0.800. The number of hydrogen-bond donors (Lipinski definition) is 2. The highest BCUT2D eigenvalue weighted by molar-refractivity contribution is 4.92. The zero-order valence-corrected chi connectivity index (χ0v) is 9.69. The van der Waals surface area contributed by atoms with Gasteiger partial charge >= 0.3 is 0 Å². The van der Waals surface area contributed by atoms with Crippen LogP contribution < -0.4 is 5.32 Å². The number of nitrogens with one attached hydrogen (secondary N) is 1. The van der Waals surface area contributed by atoms with E-state index >= 15 is 0 Å². The number of rotatable bonds is 5. The number of aromatic nitrogens is 3. The molecule has 86 valence electrons. The maximum Gasteiger partial charge on any atom is 0.0965 e. The van der Waals surface area contributed by atoms with Crippen molar-refractivity contribution in [2.75, 3.05) is 6.61 Å². The Labute approximate surface area is 90.5 Å². The van der Waals surface area contributed by atoms with Crippen molar-refractivity contribution in [3.63, 3.8) is 0 Å². The number of nitrogens with zero attached hydrogens (tertiary/aromatic N) is 3. The van der Waals surface area contributed by atoms with Gasteiger partial charge in [-0.25, -0.2) is 0 Å². The molecule has 0 bridgehead atoms. The highest BCUT2D eigenvalue weighted by Crippen LogP contribution is 2.01. The third-order valence-corrected chi connectivity index (χ3v) is 1.93. The van der Waals surface area contributed by atoms with Gasteiger partial charge in [-0.3, -0.25) is 4.68 Å². The highest BCUT2D eigenvalue weighted by atomic mass is 16.3. The Hall–Kier alpha value is -0.940. The second-order valence-electron chi connectivity index (χ2n) is 4.65. The smallest absolute Gasteiger partial charge is 0.0965 e. The first-order chi connectivity index (χ1) is 7.01. The van der Waals surface area contributed by atoms with Gasteiger partial charge in [0.15, 0.2) is 0 Å². The van der Waals surface area contributed by atoms with E-state index in [2.05, 4.69) is 36.4 Å². The van der Waals surface area contributed by atoms with Crippen LogP contribution in [0.3, 0.4) is 0 Å². The van der Waals surface area contributed by atoms with Crippen LogP contribution in [0.5, 0.6) is 0 Å². The summed E-state index contributed by atoms with van der Waals surface area (Å²) in [5.74, 6) is 0. The van der Waals surface area contributed by atoms with E-state index < -0.39 is 0 Å². The minimum absolute atomic E-state index is 0.0921. The van der Waals surface area contributed by atoms with Crippen LogP contribution in [-0.2, 0) is 13.1 Å². The molecule has 15 heavy (non-hydrogen) atoms. The molecule has 0 atom stereocenters. The maximum atomic E-state index is 8.67. The van der Waals surface area contributed by atoms with Crippen molar-refractivity contribution in [2.24, 2.45) is 0 Å². The van der Waals surface area contributed by atoms with Gasteiger partial charge in [-0.05, 0) is 27.2 Å². The van der Waals surface area contributed by atoms with E-state index in [1.807, 2.05) is 6.20 Å². The highest BCUT2D eigenvalue weighted by Gasteiger charge is 2.09. The maximum absolute atomic E-state index is 8.67. The van der Waals surface area contributed by atoms with Crippen molar-refractivity contribution in [1.29, 1.82) is 0 Å². The monoisotopic (exact) mass is 212 g/mol. The lowest BCUT2D eigenvalue weighted by atomic mass is 10.1. The molecule has 0 radical (unpaired) electrons. The molecule has 0 saturated heterocycles. The zero-order valence-electron chi connectivity index (χ0n) is 9.69. The number of aliphatic hydroxyl groups excluding tert-OH is 1. The molecule has 0 aromatic carbocycles. The van der Waals surface area contributed by atoms with E-state index in [0.717, 1.165) is 25.2 Å². The van der Waals surface area contributed by atoms with Crippen LogP contribution in [0, 0.1) is 0 Å². The molecule has 0 aliphatic rings. The van der Waals surface area contributed by atoms with Gasteiger partial charge in [0.05, 0.1) is 5.69 Å². The lowest BCUT2D eigenvalue weighted by molar-refractivity contribution is 0.276. The molecule has 0 fully saturated rings. The van der Waals surface area contributed by atoms with E-state index in [4.69, 9.17) is 5.11 Å². The predicted octanol–water partition coefficient (Wildman–Crippen LogP) is 0.549. The fourth-order valence-corrected chi connectivity index (χ4v) is 1.12. The average molecular weight is 212 g/mol. The Bertz CT molecular complexity index is 290. The van der Waals surface area contributed by atoms with Gasteiger partial charge in [-0.2, -0.15) is 0 Å². The topological polar surface area (TPSA) is 63.0 Å². The van der Waals surface area contributed by atoms with Crippen LogP contribution in [0.25, 0.3) is 0 Å². The number of hydrogen-bond acceptors (Lipinski definition) is 4. The standard InChI is InChI=1S/C10H20N4O/c1-10(2,3)11-7-9-8-14(13-12-9)5-4-6-15/h8,11,15H,4-7H2,1-3H3. The summed E-state index contributed by atoms with van der Waals surface area (Å²) in [6.07, 6.45) is 2.63. The first-order valence-corrected chi connectivity index (χ1v) is 5.26. The molecule has 1 rings (SSSR count). The summed E-state index contributed by atoms with van der Waals surface area (Å²) in [7, 11) is 0. The summed E-state index contributed by atoms with van der Waals surface area (Å²) in [5, 5.41) is 20.0. The third-order valence-electron chi connectivity index (χ3n) is 1.93. The average Bonchev–Trinajstić information content (AvgIpc) is 2.58. The van der Waals surface area contributed by atoms with Gasteiger partial charge in [0.2, 0.25) is 0 Å². The second-order valence-corrected chi connectivity index (χ2v) is 4.65. The normalized spacial score (nSPS) is 12.0. The van der Waals surface area contributed by atoms with Gasteiger partial charge in [-0.15, -0.1) is 5.10 Å². The van der Waals surface area contributed by atoms with Crippen LogP contribution in [0.4, 0.5) is 0 Å². The van der Waals surface area contributed by atoms with Crippen molar-refractivity contribution in [2.45, 2.75) is 45.8 Å². The van der Waals surface area contributed by atoms with Crippen LogP contribution in [0.15, 0.2) is 6.20 Å². The van der Waals surface area contributed by atoms with E-state index in [0.29, 0.717) is 0 Å². The minimum Gasteiger partial charge on any atom is -0.396 e. The molecule has 0 aliphatic carbocycles. The third kappa shape index (κ3) is 4.90.